The minimum absolute atomic E-state index is 0.244. The summed E-state index contributed by atoms with van der Waals surface area (Å²) in [4.78, 5) is 22.5. The Balaban J connectivity index is 0.000000547. The first kappa shape index (κ1) is 25.5. The Hall–Kier alpha value is -2.75. The van der Waals surface area contributed by atoms with E-state index < -0.39 is 5.82 Å². The molecule has 0 amide bonds. The summed E-state index contributed by atoms with van der Waals surface area (Å²) in [6.07, 6.45) is 2.64. The van der Waals surface area contributed by atoms with Gasteiger partial charge in [-0.15, -0.1) is 0 Å². The van der Waals surface area contributed by atoms with Gasteiger partial charge < -0.3 is 4.84 Å². The maximum absolute atomic E-state index is 13.7. The number of fused-ring (bicyclic) bond motifs is 4. The van der Waals surface area contributed by atoms with Crippen molar-refractivity contribution in [2.45, 2.75) is 47.1 Å². The summed E-state index contributed by atoms with van der Waals surface area (Å²) in [5, 5.41) is 9.80. The molecule has 0 aliphatic carbocycles. The van der Waals surface area contributed by atoms with Crippen molar-refractivity contribution in [1.82, 2.24) is 14.3 Å². The van der Waals surface area contributed by atoms with E-state index in [2.05, 4.69) is 28.7 Å². The number of aromatic nitrogens is 2. The zero-order valence-electron chi connectivity index (χ0n) is 19.1. The average Bonchev–Trinajstić information content (AvgIpc) is 3.12. The molecule has 0 atom stereocenters. The fourth-order valence-electron chi connectivity index (χ4n) is 3.04. The maximum atomic E-state index is 13.7. The minimum atomic E-state index is -0.425. The number of benzene rings is 2. The van der Waals surface area contributed by atoms with Crippen molar-refractivity contribution in [3.05, 3.63) is 69.5 Å². The molecule has 1 aliphatic heterocycles. The number of oxime groups is 1. The minimum Gasteiger partial charge on any atom is -0.399 e. The Labute approximate surface area is 192 Å². The Morgan fingerprint density at radius 2 is 1.91 bits per heavy atom. The normalized spacial score (nSPS) is 12.4. The Kier molecular flexibility index (Phi) is 9.83. The van der Waals surface area contributed by atoms with Crippen LogP contribution in [0.2, 0.25) is 0 Å². The largest absolute Gasteiger partial charge is 0.399 e. The molecule has 0 saturated heterocycles. The standard InChI is InChI=1S/C17H14FN5O2S.C4H10.C2H6/c1-25-22-15-12-7-10(18)3-5-14(12)23-16(15)21-13-6-9(8-20-26-19)2-4-11(13)17(23)24;1-3-4-2;1-2/h2-7,20H,8,19H2,1H3;3-4H2,1-2H3;1-2H3/b22-15-;;. The van der Waals surface area contributed by atoms with E-state index in [4.69, 9.17) is 9.98 Å². The van der Waals surface area contributed by atoms with Crippen molar-refractivity contribution in [2.24, 2.45) is 10.3 Å². The first-order chi connectivity index (χ1) is 15.5. The summed E-state index contributed by atoms with van der Waals surface area (Å²) in [7, 11) is 1.39. The lowest BCUT2D eigenvalue weighted by atomic mass is 10.1. The molecule has 3 N–H and O–H groups in total. The van der Waals surface area contributed by atoms with Crippen LogP contribution in [0.5, 0.6) is 0 Å². The van der Waals surface area contributed by atoms with Crippen LogP contribution < -0.4 is 15.4 Å². The summed E-state index contributed by atoms with van der Waals surface area (Å²) in [5.74, 6) is -0.103. The van der Waals surface area contributed by atoms with E-state index in [0.717, 1.165) is 17.7 Å². The molecular formula is C23H30FN5O2S. The van der Waals surface area contributed by atoms with E-state index in [1.807, 2.05) is 26.0 Å². The van der Waals surface area contributed by atoms with Crippen LogP contribution in [0.1, 0.15) is 57.5 Å². The topological polar surface area (TPSA) is 94.5 Å². The van der Waals surface area contributed by atoms with E-state index in [0.29, 0.717) is 40.2 Å². The van der Waals surface area contributed by atoms with E-state index in [1.165, 1.54) is 42.7 Å². The predicted molar refractivity (Wildman–Crippen MR) is 130 cm³/mol. The molecule has 2 heterocycles. The number of nitrogens with zero attached hydrogens (tertiary/aromatic N) is 3. The Morgan fingerprint density at radius 3 is 2.53 bits per heavy atom. The molecule has 1 aliphatic rings. The van der Waals surface area contributed by atoms with Crippen molar-refractivity contribution in [1.29, 1.82) is 0 Å². The van der Waals surface area contributed by atoms with Crippen LogP contribution in [-0.2, 0) is 11.4 Å². The zero-order valence-corrected chi connectivity index (χ0v) is 19.9. The number of rotatable bonds is 5. The molecule has 0 bridgehead atoms. The van der Waals surface area contributed by atoms with Gasteiger partial charge in [0.15, 0.2) is 11.5 Å². The number of unbranched alkanes of at least 4 members (excludes halogenated alkanes) is 1. The first-order valence-electron chi connectivity index (χ1n) is 10.6. The lowest BCUT2D eigenvalue weighted by molar-refractivity contribution is 0.214. The monoisotopic (exact) mass is 459 g/mol. The molecule has 1 aromatic heterocycles. The average molecular weight is 460 g/mol. The summed E-state index contributed by atoms with van der Waals surface area (Å²) in [5.41, 5.74) is 2.53. The molecule has 0 radical (unpaired) electrons. The molecule has 0 fully saturated rings. The van der Waals surface area contributed by atoms with Gasteiger partial charge in [-0.2, -0.15) is 0 Å². The molecule has 9 heteroatoms. The molecule has 172 valence electrons. The van der Waals surface area contributed by atoms with Crippen molar-refractivity contribution in [2.75, 3.05) is 7.11 Å². The summed E-state index contributed by atoms with van der Waals surface area (Å²) >= 11 is 1.02. The van der Waals surface area contributed by atoms with Gasteiger partial charge >= 0.3 is 0 Å². The van der Waals surface area contributed by atoms with Gasteiger partial charge in [-0.1, -0.05) is 51.8 Å². The maximum Gasteiger partial charge on any atom is 0.266 e. The van der Waals surface area contributed by atoms with E-state index in [9.17, 15) is 9.18 Å². The van der Waals surface area contributed by atoms with Crippen LogP contribution in [0.3, 0.4) is 0 Å². The number of hydrogen-bond acceptors (Lipinski definition) is 7. The van der Waals surface area contributed by atoms with Gasteiger partial charge in [0.1, 0.15) is 12.9 Å². The molecular weight excluding hydrogens is 429 g/mol. The van der Waals surface area contributed by atoms with Crippen LogP contribution in [0, 0.1) is 5.82 Å². The highest BCUT2D eigenvalue weighted by Crippen LogP contribution is 2.28. The smallest absolute Gasteiger partial charge is 0.266 e. The van der Waals surface area contributed by atoms with Crippen molar-refractivity contribution < 1.29 is 9.23 Å². The highest BCUT2D eigenvalue weighted by Gasteiger charge is 2.29. The van der Waals surface area contributed by atoms with E-state index in [-0.39, 0.29) is 5.56 Å². The van der Waals surface area contributed by atoms with Crippen LogP contribution in [0.15, 0.2) is 46.3 Å². The summed E-state index contributed by atoms with van der Waals surface area (Å²) in [6.45, 7) is 8.89. The predicted octanol–water partition coefficient (Wildman–Crippen LogP) is 4.68. The second kappa shape index (κ2) is 12.3. The van der Waals surface area contributed by atoms with Crippen molar-refractivity contribution in [3.63, 3.8) is 0 Å². The molecule has 32 heavy (non-hydrogen) atoms. The summed E-state index contributed by atoms with van der Waals surface area (Å²) < 4.78 is 18.1. The fraction of sp³-hybridized carbons (Fsp3) is 0.348. The van der Waals surface area contributed by atoms with Crippen LogP contribution >= 0.6 is 12.1 Å². The molecule has 0 saturated carbocycles. The zero-order chi connectivity index (χ0) is 23.7. The van der Waals surface area contributed by atoms with Gasteiger partial charge in [0.05, 0.1) is 16.6 Å². The van der Waals surface area contributed by atoms with Crippen molar-refractivity contribution in [3.8, 4) is 5.69 Å². The van der Waals surface area contributed by atoms with E-state index in [1.54, 1.807) is 6.07 Å². The Morgan fingerprint density at radius 1 is 1.19 bits per heavy atom. The molecule has 3 aromatic rings. The van der Waals surface area contributed by atoms with E-state index >= 15 is 0 Å². The number of hydrogen-bond donors (Lipinski definition) is 2. The number of nitrogens with two attached hydrogens (primary N) is 1. The van der Waals surface area contributed by atoms with Gasteiger partial charge in [-0.3, -0.25) is 14.5 Å². The van der Waals surface area contributed by atoms with Gasteiger partial charge in [0.2, 0.25) is 0 Å². The third-order valence-electron chi connectivity index (χ3n) is 4.64. The molecule has 0 unspecified atom stereocenters. The van der Waals surface area contributed by atoms with Crippen LogP contribution in [-0.4, -0.2) is 22.4 Å². The lowest BCUT2D eigenvalue weighted by Crippen LogP contribution is -2.22. The van der Waals surface area contributed by atoms with Gasteiger partial charge in [0.25, 0.3) is 5.56 Å². The third kappa shape index (κ3) is 5.35. The fourth-order valence-corrected chi connectivity index (χ4v) is 3.29. The second-order valence-corrected chi connectivity index (χ2v) is 7.17. The van der Waals surface area contributed by atoms with Crippen LogP contribution in [0.25, 0.3) is 16.6 Å². The second-order valence-electron chi connectivity index (χ2n) is 6.65. The highest BCUT2D eigenvalue weighted by molar-refractivity contribution is 7.95. The molecule has 7 nitrogen and oxygen atoms in total. The third-order valence-corrected chi connectivity index (χ3v) is 4.95. The van der Waals surface area contributed by atoms with Crippen LogP contribution in [0.4, 0.5) is 4.39 Å². The van der Waals surface area contributed by atoms with Gasteiger partial charge in [0, 0.05) is 24.2 Å². The Bertz CT molecular complexity index is 1150. The molecule has 2 aromatic carbocycles. The number of nitrogens with one attached hydrogen (secondary N) is 1. The first-order valence-corrected chi connectivity index (χ1v) is 11.5. The highest BCUT2D eigenvalue weighted by atomic mass is 32.2. The van der Waals surface area contributed by atoms with Crippen molar-refractivity contribution >= 4 is 28.7 Å². The SMILES string of the molecule is CC.CCCC.CO/N=C1/c2cc(F)ccc2-n2c1nc1cc(CNSN)ccc1c2=O. The number of halogens is 1. The summed E-state index contributed by atoms with van der Waals surface area (Å²) in [6, 6.07) is 9.54. The van der Waals surface area contributed by atoms with Gasteiger partial charge in [-0.05, 0) is 35.9 Å². The molecule has 0 spiro atoms. The quantitative estimate of drug-likeness (QED) is 0.332. The lowest BCUT2D eigenvalue weighted by Gasteiger charge is -2.08. The molecule has 4 rings (SSSR count). The van der Waals surface area contributed by atoms with Gasteiger partial charge in [-0.25, -0.2) is 14.1 Å².